The third-order valence-electron chi connectivity index (χ3n) is 3.53. The summed E-state index contributed by atoms with van der Waals surface area (Å²) in [4.78, 5) is 11.1. The second kappa shape index (κ2) is 5.54. The second-order valence-corrected chi connectivity index (χ2v) is 7.11. The van der Waals surface area contributed by atoms with E-state index in [1.165, 1.54) is 0 Å². The van der Waals surface area contributed by atoms with Crippen molar-refractivity contribution in [2.45, 2.75) is 44.0 Å². The molecule has 1 aromatic carbocycles. The van der Waals surface area contributed by atoms with Crippen molar-refractivity contribution in [1.29, 1.82) is 0 Å². The number of aliphatic carboxylic acids is 1. The molecule has 110 valence electrons. The lowest BCUT2D eigenvalue weighted by Gasteiger charge is -2.17. The fourth-order valence-corrected chi connectivity index (χ4v) is 3.89. The Morgan fingerprint density at radius 1 is 1.40 bits per heavy atom. The largest absolute Gasteiger partial charge is 0.481 e. The Morgan fingerprint density at radius 2 is 2.05 bits per heavy atom. The standard InChI is InChI=1S/C14H19NO4S/c1-9-3-4-10(2)13(7-9)20(18,19)15-12(8-14(16)17)11-5-6-11/h3-4,7,11-12,15H,5-6,8H2,1-2H3,(H,16,17). The van der Waals surface area contributed by atoms with Crippen LogP contribution in [-0.2, 0) is 14.8 Å². The van der Waals surface area contributed by atoms with Crippen molar-refractivity contribution in [3.05, 3.63) is 29.3 Å². The summed E-state index contributed by atoms with van der Waals surface area (Å²) >= 11 is 0. The Hall–Kier alpha value is -1.40. The monoisotopic (exact) mass is 297 g/mol. The van der Waals surface area contributed by atoms with E-state index in [0.717, 1.165) is 18.4 Å². The van der Waals surface area contributed by atoms with Gasteiger partial charge in [-0.05, 0) is 49.8 Å². The van der Waals surface area contributed by atoms with E-state index in [-0.39, 0.29) is 17.2 Å². The smallest absolute Gasteiger partial charge is 0.304 e. The van der Waals surface area contributed by atoms with Gasteiger partial charge in [0, 0.05) is 6.04 Å². The van der Waals surface area contributed by atoms with Crippen LogP contribution in [-0.4, -0.2) is 25.5 Å². The van der Waals surface area contributed by atoms with E-state index in [4.69, 9.17) is 5.11 Å². The van der Waals surface area contributed by atoms with Crippen LogP contribution < -0.4 is 4.72 Å². The van der Waals surface area contributed by atoms with Crippen molar-refractivity contribution < 1.29 is 18.3 Å². The molecule has 5 nitrogen and oxygen atoms in total. The van der Waals surface area contributed by atoms with Crippen LogP contribution in [0.5, 0.6) is 0 Å². The van der Waals surface area contributed by atoms with E-state index >= 15 is 0 Å². The van der Waals surface area contributed by atoms with Gasteiger partial charge < -0.3 is 5.11 Å². The van der Waals surface area contributed by atoms with Crippen LogP contribution >= 0.6 is 0 Å². The molecule has 0 spiro atoms. The number of aryl methyl sites for hydroxylation is 2. The summed E-state index contributed by atoms with van der Waals surface area (Å²) in [5.41, 5.74) is 1.52. The minimum Gasteiger partial charge on any atom is -0.481 e. The highest BCUT2D eigenvalue weighted by atomic mass is 32.2. The van der Waals surface area contributed by atoms with Crippen molar-refractivity contribution >= 4 is 16.0 Å². The topological polar surface area (TPSA) is 83.5 Å². The number of benzene rings is 1. The average molecular weight is 297 g/mol. The third-order valence-corrected chi connectivity index (χ3v) is 5.16. The molecule has 1 aromatic rings. The summed E-state index contributed by atoms with van der Waals surface area (Å²) < 4.78 is 27.4. The Labute approximate surface area is 119 Å². The van der Waals surface area contributed by atoms with Gasteiger partial charge in [0.05, 0.1) is 11.3 Å². The van der Waals surface area contributed by atoms with Gasteiger partial charge in [-0.3, -0.25) is 4.79 Å². The van der Waals surface area contributed by atoms with Crippen LogP contribution in [0.3, 0.4) is 0 Å². The van der Waals surface area contributed by atoms with Gasteiger partial charge in [-0.2, -0.15) is 0 Å². The molecule has 1 unspecified atom stereocenters. The Kier molecular flexibility index (Phi) is 4.15. The Morgan fingerprint density at radius 3 is 2.60 bits per heavy atom. The maximum absolute atomic E-state index is 12.4. The van der Waals surface area contributed by atoms with Crippen molar-refractivity contribution in [1.82, 2.24) is 4.72 Å². The number of nitrogens with one attached hydrogen (secondary N) is 1. The van der Waals surface area contributed by atoms with Crippen LogP contribution in [0.4, 0.5) is 0 Å². The predicted molar refractivity (Wildman–Crippen MR) is 75.0 cm³/mol. The SMILES string of the molecule is Cc1ccc(C)c(S(=O)(=O)NC(CC(=O)O)C2CC2)c1. The van der Waals surface area contributed by atoms with Crippen LogP contribution in [0.15, 0.2) is 23.1 Å². The van der Waals surface area contributed by atoms with Gasteiger partial charge in [0.2, 0.25) is 10.0 Å². The summed E-state index contributed by atoms with van der Waals surface area (Å²) in [5, 5.41) is 8.89. The fraction of sp³-hybridized carbons (Fsp3) is 0.500. The molecule has 0 amide bonds. The van der Waals surface area contributed by atoms with Crippen LogP contribution in [0.1, 0.15) is 30.4 Å². The van der Waals surface area contributed by atoms with Crippen molar-refractivity contribution in [3.63, 3.8) is 0 Å². The summed E-state index contributed by atoms with van der Waals surface area (Å²) in [6.45, 7) is 3.56. The Bertz CT molecular complexity index is 620. The van der Waals surface area contributed by atoms with Gasteiger partial charge in [-0.25, -0.2) is 13.1 Å². The molecule has 6 heteroatoms. The predicted octanol–water partition coefficient (Wildman–Crippen LogP) is 1.84. The fourth-order valence-electron chi connectivity index (χ4n) is 2.25. The third kappa shape index (κ3) is 3.58. The highest BCUT2D eigenvalue weighted by Gasteiger charge is 2.36. The molecule has 0 aliphatic heterocycles. The molecule has 2 rings (SSSR count). The minimum atomic E-state index is -3.68. The van der Waals surface area contributed by atoms with Gasteiger partial charge in [0.25, 0.3) is 0 Å². The van der Waals surface area contributed by atoms with Crippen molar-refractivity contribution in [3.8, 4) is 0 Å². The van der Waals surface area contributed by atoms with Crippen LogP contribution in [0.2, 0.25) is 0 Å². The molecular weight excluding hydrogens is 278 g/mol. The Balaban J connectivity index is 2.25. The van der Waals surface area contributed by atoms with E-state index in [1.807, 2.05) is 13.0 Å². The summed E-state index contributed by atoms with van der Waals surface area (Å²) in [7, 11) is -3.68. The molecule has 2 N–H and O–H groups in total. The molecule has 0 radical (unpaired) electrons. The highest BCUT2D eigenvalue weighted by molar-refractivity contribution is 7.89. The molecule has 1 saturated carbocycles. The van der Waals surface area contributed by atoms with Gasteiger partial charge in [-0.1, -0.05) is 12.1 Å². The molecule has 1 atom stereocenters. The first kappa shape index (κ1) is 15.0. The zero-order valence-electron chi connectivity index (χ0n) is 11.6. The summed E-state index contributed by atoms with van der Waals surface area (Å²) in [5.74, 6) is -0.837. The molecule has 20 heavy (non-hydrogen) atoms. The van der Waals surface area contributed by atoms with Crippen molar-refractivity contribution in [2.75, 3.05) is 0 Å². The lowest BCUT2D eigenvalue weighted by Crippen LogP contribution is -2.38. The van der Waals surface area contributed by atoms with E-state index < -0.39 is 22.0 Å². The molecule has 0 heterocycles. The minimum absolute atomic E-state index is 0.144. The molecule has 1 fully saturated rings. The maximum atomic E-state index is 12.4. The number of sulfonamides is 1. The van der Waals surface area contributed by atoms with Crippen LogP contribution in [0, 0.1) is 19.8 Å². The van der Waals surface area contributed by atoms with E-state index in [2.05, 4.69) is 4.72 Å². The zero-order chi connectivity index (χ0) is 14.9. The van der Waals surface area contributed by atoms with E-state index in [9.17, 15) is 13.2 Å². The maximum Gasteiger partial charge on any atom is 0.304 e. The highest BCUT2D eigenvalue weighted by Crippen LogP contribution is 2.35. The van der Waals surface area contributed by atoms with E-state index in [1.54, 1.807) is 19.1 Å². The number of carboxylic acids is 1. The molecule has 0 bridgehead atoms. The number of hydrogen-bond donors (Lipinski definition) is 2. The number of rotatable bonds is 6. The lowest BCUT2D eigenvalue weighted by molar-refractivity contribution is -0.137. The second-order valence-electron chi connectivity index (χ2n) is 5.43. The average Bonchev–Trinajstić information content (AvgIpc) is 3.14. The molecular formula is C14H19NO4S. The first-order valence-electron chi connectivity index (χ1n) is 6.61. The number of carbonyl (C=O) groups is 1. The van der Waals surface area contributed by atoms with Gasteiger partial charge in [0.1, 0.15) is 0 Å². The number of hydrogen-bond acceptors (Lipinski definition) is 3. The molecule has 1 aliphatic rings. The van der Waals surface area contributed by atoms with Crippen molar-refractivity contribution in [2.24, 2.45) is 5.92 Å². The van der Waals surface area contributed by atoms with E-state index in [0.29, 0.717) is 5.56 Å². The number of carboxylic acid groups (broad SMARTS) is 1. The zero-order valence-corrected chi connectivity index (χ0v) is 12.4. The molecule has 0 aromatic heterocycles. The molecule has 0 saturated heterocycles. The molecule has 1 aliphatic carbocycles. The van der Waals surface area contributed by atoms with Crippen LogP contribution in [0.25, 0.3) is 0 Å². The first-order valence-corrected chi connectivity index (χ1v) is 8.09. The van der Waals surface area contributed by atoms with Gasteiger partial charge in [0.15, 0.2) is 0 Å². The normalized spacial score (nSPS) is 16.9. The quantitative estimate of drug-likeness (QED) is 0.839. The first-order chi connectivity index (χ1) is 9.29. The van der Waals surface area contributed by atoms with Gasteiger partial charge >= 0.3 is 5.97 Å². The summed E-state index contributed by atoms with van der Waals surface area (Å²) in [6, 6.07) is 4.71. The summed E-state index contributed by atoms with van der Waals surface area (Å²) in [6.07, 6.45) is 1.59. The van der Waals surface area contributed by atoms with Gasteiger partial charge in [-0.15, -0.1) is 0 Å². The lowest BCUT2D eigenvalue weighted by atomic mass is 10.1.